The van der Waals surface area contributed by atoms with Gasteiger partial charge < -0.3 is 4.90 Å². The number of hydrogen-bond donors (Lipinski definition) is 0. The topological polar surface area (TPSA) is 57.7 Å². The molecule has 0 aliphatic carbocycles. The average Bonchev–Trinajstić information content (AvgIpc) is 2.94. The molecule has 0 spiro atoms. The van der Waals surface area contributed by atoms with Gasteiger partial charge in [-0.1, -0.05) is 68.3 Å². The first-order valence-electron chi connectivity index (χ1n) is 10.0. The maximum absolute atomic E-state index is 13.3. The molecule has 3 rings (SSSR count). The van der Waals surface area contributed by atoms with Gasteiger partial charge in [0.25, 0.3) is 5.91 Å². The van der Waals surface area contributed by atoms with Crippen molar-refractivity contribution in [2.75, 3.05) is 4.90 Å². The van der Waals surface area contributed by atoms with Gasteiger partial charge in [0, 0.05) is 18.0 Å². The molecule has 1 saturated heterocycles. The maximum atomic E-state index is 13.3. The van der Waals surface area contributed by atoms with E-state index >= 15 is 0 Å². The van der Waals surface area contributed by atoms with Crippen molar-refractivity contribution in [3.8, 4) is 0 Å². The molecule has 1 fully saturated rings. The molecule has 1 aliphatic rings. The van der Waals surface area contributed by atoms with Gasteiger partial charge in [0.1, 0.15) is 6.04 Å². The Morgan fingerprint density at radius 1 is 1.10 bits per heavy atom. The normalized spacial score (nSPS) is 16.8. The molecule has 0 radical (unpaired) electrons. The summed E-state index contributed by atoms with van der Waals surface area (Å²) in [5.41, 5.74) is 2.06. The summed E-state index contributed by atoms with van der Waals surface area (Å²) in [7, 11) is 0. The molecule has 1 unspecified atom stereocenters. The van der Waals surface area contributed by atoms with Gasteiger partial charge in [-0.15, -0.1) is 0 Å². The second-order valence-corrected chi connectivity index (χ2v) is 9.38. The lowest BCUT2D eigenvalue weighted by atomic mass is 9.91. The van der Waals surface area contributed by atoms with Crippen LogP contribution in [0.3, 0.4) is 0 Å². The van der Waals surface area contributed by atoms with Crippen LogP contribution in [0.25, 0.3) is 0 Å². The summed E-state index contributed by atoms with van der Waals surface area (Å²) in [6.45, 7) is 8.03. The largest absolute Gasteiger partial charge is 0.326 e. The molecular formula is C24H27ClN2O3. The van der Waals surface area contributed by atoms with E-state index in [0.29, 0.717) is 10.7 Å². The van der Waals surface area contributed by atoms with E-state index in [-0.39, 0.29) is 42.5 Å². The molecule has 1 heterocycles. The monoisotopic (exact) mass is 426 g/mol. The summed E-state index contributed by atoms with van der Waals surface area (Å²) in [4.78, 5) is 41.9. The Balaban J connectivity index is 1.93. The minimum absolute atomic E-state index is 0.0347. The molecule has 2 aromatic rings. The van der Waals surface area contributed by atoms with Gasteiger partial charge in [0.2, 0.25) is 11.8 Å². The van der Waals surface area contributed by atoms with Crippen LogP contribution in [0.1, 0.15) is 44.7 Å². The second kappa shape index (κ2) is 8.60. The van der Waals surface area contributed by atoms with Gasteiger partial charge in [-0.3, -0.25) is 14.4 Å². The SMILES string of the molecule is Cc1ccc(N2C(=O)CC(N(Cc3ccccc3Cl)C(=O)CC(C)(C)C)C2=O)cc1. The van der Waals surface area contributed by atoms with Gasteiger partial charge in [-0.2, -0.15) is 0 Å². The van der Waals surface area contributed by atoms with Gasteiger partial charge in [-0.25, -0.2) is 4.90 Å². The van der Waals surface area contributed by atoms with Crippen molar-refractivity contribution < 1.29 is 14.4 Å². The zero-order chi connectivity index (χ0) is 22.1. The summed E-state index contributed by atoms with van der Waals surface area (Å²) < 4.78 is 0. The van der Waals surface area contributed by atoms with Gasteiger partial charge in [0.05, 0.1) is 12.1 Å². The number of hydrogen-bond acceptors (Lipinski definition) is 3. The predicted octanol–water partition coefficient (Wildman–Crippen LogP) is 4.75. The van der Waals surface area contributed by atoms with Crippen molar-refractivity contribution in [2.24, 2.45) is 5.41 Å². The van der Waals surface area contributed by atoms with Gasteiger partial charge in [-0.05, 0) is 36.1 Å². The number of rotatable bonds is 5. The molecule has 0 N–H and O–H groups in total. The number of aryl methyl sites for hydroxylation is 1. The summed E-state index contributed by atoms with van der Waals surface area (Å²) in [6.07, 6.45) is 0.229. The van der Waals surface area contributed by atoms with E-state index in [2.05, 4.69) is 0 Å². The number of amides is 3. The van der Waals surface area contributed by atoms with Crippen molar-refractivity contribution in [3.05, 3.63) is 64.7 Å². The summed E-state index contributed by atoms with van der Waals surface area (Å²) in [5, 5.41) is 0.526. The number of benzene rings is 2. The molecule has 30 heavy (non-hydrogen) atoms. The highest BCUT2D eigenvalue weighted by Crippen LogP contribution is 2.30. The third-order valence-electron chi connectivity index (χ3n) is 5.09. The molecule has 6 heteroatoms. The predicted molar refractivity (Wildman–Crippen MR) is 118 cm³/mol. The van der Waals surface area contributed by atoms with E-state index in [1.807, 2.05) is 58.0 Å². The molecular weight excluding hydrogens is 400 g/mol. The Hall–Kier alpha value is -2.66. The lowest BCUT2D eigenvalue weighted by Crippen LogP contribution is -2.46. The Labute approximate surface area is 182 Å². The van der Waals surface area contributed by atoms with E-state index in [1.165, 1.54) is 9.80 Å². The zero-order valence-corrected chi connectivity index (χ0v) is 18.6. The Morgan fingerprint density at radius 3 is 2.33 bits per heavy atom. The van der Waals surface area contributed by atoms with Crippen molar-refractivity contribution in [2.45, 2.75) is 53.1 Å². The highest BCUT2D eigenvalue weighted by atomic mass is 35.5. The fourth-order valence-electron chi connectivity index (χ4n) is 3.56. The fourth-order valence-corrected chi connectivity index (χ4v) is 3.76. The van der Waals surface area contributed by atoms with E-state index < -0.39 is 6.04 Å². The summed E-state index contributed by atoms with van der Waals surface area (Å²) in [5.74, 6) is -0.848. The first-order chi connectivity index (χ1) is 14.1. The van der Waals surface area contributed by atoms with E-state index in [1.54, 1.807) is 18.2 Å². The van der Waals surface area contributed by atoms with Crippen LogP contribution in [0.15, 0.2) is 48.5 Å². The minimum atomic E-state index is -0.843. The quantitative estimate of drug-likeness (QED) is 0.648. The molecule has 2 aromatic carbocycles. The second-order valence-electron chi connectivity index (χ2n) is 8.97. The molecule has 0 aromatic heterocycles. The van der Waals surface area contributed by atoms with E-state index in [0.717, 1.165) is 11.1 Å². The van der Waals surface area contributed by atoms with Crippen molar-refractivity contribution >= 4 is 35.0 Å². The fraction of sp³-hybridized carbons (Fsp3) is 0.375. The third kappa shape index (κ3) is 4.90. The Bertz CT molecular complexity index is 963. The van der Waals surface area contributed by atoms with Crippen molar-refractivity contribution in [1.82, 2.24) is 4.90 Å². The molecule has 1 atom stereocenters. The van der Waals surface area contributed by atoms with Gasteiger partial charge >= 0.3 is 0 Å². The third-order valence-corrected chi connectivity index (χ3v) is 5.46. The molecule has 1 aliphatic heterocycles. The smallest absolute Gasteiger partial charge is 0.257 e. The van der Waals surface area contributed by atoms with Crippen LogP contribution in [0.4, 0.5) is 5.69 Å². The van der Waals surface area contributed by atoms with Crippen LogP contribution in [-0.4, -0.2) is 28.7 Å². The van der Waals surface area contributed by atoms with E-state index in [4.69, 9.17) is 11.6 Å². The van der Waals surface area contributed by atoms with Crippen molar-refractivity contribution in [3.63, 3.8) is 0 Å². The molecule has 0 saturated carbocycles. The highest BCUT2D eigenvalue weighted by Gasteiger charge is 2.44. The van der Waals surface area contributed by atoms with Crippen molar-refractivity contribution in [1.29, 1.82) is 0 Å². The van der Waals surface area contributed by atoms with E-state index in [9.17, 15) is 14.4 Å². The number of imide groups is 1. The zero-order valence-electron chi connectivity index (χ0n) is 17.8. The Morgan fingerprint density at radius 2 is 1.73 bits per heavy atom. The number of nitrogens with zero attached hydrogens (tertiary/aromatic N) is 2. The first-order valence-corrected chi connectivity index (χ1v) is 10.4. The van der Waals surface area contributed by atoms with Crippen LogP contribution in [0.5, 0.6) is 0 Å². The van der Waals surface area contributed by atoms with Crippen LogP contribution in [-0.2, 0) is 20.9 Å². The first kappa shape index (κ1) is 22.0. The standard InChI is InChI=1S/C24H27ClN2O3/c1-16-9-11-18(12-10-16)27-21(28)13-20(23(27)30)26(22(29)14-24(2,3)4)15-17-7-5-6-8-19(17)25/h5-12,20H,13-15H2,1-4H3. The summed E-state index contributed by atoms with van der Waals surface area (Å²) >= 11 is 6.32. The number of carbonyl (C=O) groups is 3. The van der Waals surface area contributed by atoms with Crippen LogP contribution in [0, 0.1) is 12.3 Å². The lowest BCUT2D eigenvalue weighted by molar-refractivity contribution is -0.140. The lowest BCUT2D eigenvalue weighted by Gasteiger charge is -2.30. The van der Waals surface area contributed by atoms with Gasteiger partial charge in [0.15, 0.2) is 0 Å². The van der Waals surface area contributed by atoms with Crippen LogP contribution >= 0.6 is 11.6 Å². The van der Waals surface area contributed by atoms with Crippen LogP contribution < -0.4 is 4.90 Å². The number of halogens is 1. The molecule has 5 nitrogen and oxygen atoms in total. The number of carbonyl (C=O) groups excluding carboxylic acids is 3. The molecule has 158 valence electrons. The minimum Gasteiger partial charge on any atom is -0.326 e. The maximum Gasteiger partial charge on any atom is 0.257 e. The molecule has 3 amide bonds. The Kier molecular flexibility index (Phi) is 6.32. The molecule has 0 bridgehead atoms. The van der Waals surface area contributed by atoms with Crippen LogP contribution in [0.2, 0.25) is 5.02 Å². The average molecular weight is 427 g/mol. The number of anilines is 1. The summed E-state index contributed by atoms with van der Waals surface area (Å²) in [6, 6.07) is 13.6. The highest BCUT2D eigenvalue weighted by molar-refractivity contribution is 6.31.